The van der Waals surface area contributed by atoms with Crippen LogP contribution in [0.15, 0.2) is 42.0 Å². The third-order valence-corrected chi connectivity index (χ3v) is 8.12. The van der Waals surface area contributed by atoms with Crippen molar-refractivity contribution in [2.24, 2.45) is 5.92 Å². The Balaban J connectivity index is 1.43. The summed E-state index contributed by atoms with van der Waals surface area (Å²) >= 11 is 0. The number of nitrogens with one attached hydrogen (secondary N) is 2. The normalized spacial score (nSPS) is 19.7. The van der Waals surface area contributed by atoms with Crippen LogP contribution in [0, 0.1) is 5.92 Å². The lowest BCUT2D eigenvalue weighted by atomic mass is 9.81. The fourth-order valence-electron chi connectivity index (χ4n) is 5.85. The molecule has 1 unspecified atom stereocenters. The second-order valence-corrected chi connectivity index (χ2v) is 11.8. The van der Waals surface area contributed by atoms with Crippen LogP contribution < -0.4 is 10.6 Å². The van der Waals surface area contributed by atoms with Crippen LogP contribution >= 0.6 is 0 Å². The maximum Gasteiger partial charge on any atom is 0.407 e. The fraction of sp³-hybridized carbons (Fsp3) is 0.656. The van der Waals surface area contributed by atoms with Crippen molar-refractivity contribution in [1.29, 1.82) is 0 Å². The molecule has 1 spiro atoms. The number of hydrogen-bond donors (Lipinski definition) is 2. The molecule has 3 amide bonds. The number of ether oxygens (including phenoxy) is 1. The van der Waals surface area contributed by atoms with Crippen molar-refractivity contribution in [2.75, 3.05) is 32.7 Å². The number of piperidine rings is 1. The molecular formula is C32H50N4O4. The quantitative estimate of drug-likeness (QED) is 0.248. The summed E-state index contributed by atoms with van der Waals surface area (Å²) in [5, 5.41) is 5.85. The third kappa shape index (κ3) is 9.08. The average molecular weight is 555 g/mol. The van der Waals surface area contributed by atoms with E-state index in [-0.39, 0.29) is 18.4 Å². The Kier molecular flexibility index (Phi) is 12.5. The number of amides is 3. The molecule has 2 N–H and O–H groups in total. The minimum Gasteiger partial charge on any atom is -0.445 e. The van der Waals surface area contributed by atoms with Gasteiger partial charge < -0.3 is 25.2 Å². The summed E-state index contributed by atoms with van der Waals surface area (Å²) in [6.45, 7) is 12.7. The predicted molar refractivity (Wildman–Crippen MR) is 159 cm³/mol. The van der Waals surface area contributed by atoms with Crippen molar-refractivity contribution in [2.45, 2.75) is 97.2 Å². The summed E-state index contributed by atoms with van der Waals surface area (Å²) in [4.78, 5) is 43.4. The van der Waals surface area contributed by atoms with Gasteiger partial charge in [0.2, 0.25) is 11.8 Å². The molecule has 0 aliphatic carbocycles. The van der Waals surface area contributed by atoms with Crippen LogP contribution in [0.2, 0.25) is 0 Å². The molecule has 2 fully saturated rings. The lowest BCUT2D eigenvalue weighted by molar-refractivity contribution is -0.161. The molecule has 2 aliphatic heterocycles. The Bertz CT molecular complexity index is 984. The number of nitrogens with zero attached hydrogens (tertiary/aromatic N) is 2. The van der Waals surface area contributed by atoms with Gasteiger partial charge in [-0.05, 0) is 76.7 Å². The highest BCUT2D eigenvalue weighted by molar-refractivity contribution is 6.00. The first-order chi connectivity index (χ1) is 19.2. The van der Waals surface area contributed by atoms with E-state index in [9.17, 15) is 14.4 Å². The molecule has 3 rings (SSSR count). The Labute approximate surface area is 240 Å². The highest BCUT2D eigenvalue weighted by Crippen LogP contribution is 2.34. The molecular weight excluding hydrogens is 504 g/mol. The predicted octanol–water partition coefficient (Wildman–Crippen LogP) is 5.04. The Morgan fingerprint density at radius 3 is 2.58 bits per heavy atom. The van der Waals surface area contributed by atoms with E-state index in [1.807, 2.05) is 35.2 Å². The summed E-state index contributed by atoms with van der Waals surface area (Å²) in [6.07, 6.45) is 8.33. The van der Waals surface area contributed by atoms with E-state index < -0.39 is 17.7 Å². The van der Waals surface area contributed by atoms with Crippen LogP contribution in [0.5, 0.6) is 0 Å². The molecule has 2 heterocycles. The van der Waals surface area contributed by atoms with Gasteiger partial charge in [-0.3, -0.25) is 9.59 Å². The lowest BCUT2D eigenvalue weighted by Crippen LogP contribution is -2.72. The number of carbonyl (C=O) groups is 3. The van der Waals surface area contributed by atoms with Crippen molar-refractivity contribution >= 4 is 17.9 Å². The van der Waals surface area contributed by atoms with E-state index in [0.717, 1.165) is 44.5 Å². The zero-order chi connectivity index (χ0) is 29.0. The maximum atomic E-state index is 13.6. The minimum absolute atomic E-state index is 0.00409. The van der Waals surface area contributed by atoms with E-state index in [1.54, 1.807) is 0 Å². The van der Waals surface area contributed by atoms with Gasteiger partial charge in [-0.2, -0.15) is 0 Å². The zero-order valence-corrected chi connectivity index (χ0v) is 25.0. The average Bonchev–Trinajstić information content (AvgIpc) is 2.94. The molecule has 1 aromatic rings. The molecule has 2 saturated heterocycles. The van der Waals surface area contributed by atoms with Gasteiger partial charge in [0, 0.05) is 32.7 Å². The van der Waals surface area contributed by atoms with Gasteiger partial charge in [0.25, 0.3) is 0 Å². The van der Waals surface area contributed by atoms with E-state index in [0.29, 0.717) is 44.7 Å². The first kappa shape index (κ1) is 31.7. The largest absolute Gasteiger partial charge is 0.445 e. The fourth-order valence-corrected chi connectivity index (χ4v) is 5.85. The molecule has 1 aromatic carbocycles. The summed E-state index contributed by atoms with van der Waals surface area (Å²) < 4.78 is 5.24. The molecule has 8 heteroatoms. The number of rotatable bonds is 14. The minimum atomic E-state index is -0.727. The van der Waals surface area contributed by atoms with Gasteiger partial charge in [0.15, 0.2) is 0 Å². The number of allylic oxidation sites excluding steroid dienone is 2. The number of carbonyl (C=O) groups excluding carboxylic acids is 3. The summed E-state index contributed by atoms with van der Waals surface area (Å²) in [5.41, 5.74) is 1.58. The number of hydrogen-bond acceptors (Lipinski definition) is 5. The van der Waals surface area contributed by atoms with Gasteiger partial charge in [0.05, 0.1) is 0 Å². The maximum absolute atomic E-state index is 13.6. The number of alkyl carbamates (subject to hydrolysis) is 1. The highest BCUT2D eigenvalue weighted by Gasteiger charge is 2.53. The van der Waals surface area contributed by atoms with Gasteiger partial charge in [-0.25, -0.2) is 4.79 Å². The van der Waals surface area contributed by atoms with E-state index >= 15 is 0 Å². The molecule has 2 aliphatic rings. The first-order valence-corrected chi connectivity index (χ1v) is 15.2. The smallest absolute Gasteiger partial charge is 0.407 e. The van der Waals surface area contributed by atoms with Gasteiger partial charge in [-0.1, -0.05) is 55.8 Å². The lowest BCUT2D eigenvalue weighted by Gasteiger charge is -2.52. The molecule has 0 saturated carbocycles. The molecule has 0 aromatic heterocycles. The summed E-state index contributed by atoms with van der Waals surface area (Å²) in [7, 11) is 0. The van der Waals surface area contributed by atoms with Crippen molar-refractivity contribution < 1.29 is 19.1 Å². The van der Waals surface area contributed by atoms with Gasteiger partial charge in [-0.15, -0.1) is 0 Å². The highest BCUT2D eigenvalue weighted by atomic mass is 16.5. The Morgan fingerprint density at radius 1 is 1.18 bits per heavy atom. The second kappa shape index (κ2) is 15.8. The van der Waals surface area contributed by atoms with E-state index in [2.05, 4.69) is 49.3 Å². The Morgan fingerprint density at radius 2 is 1.90 bits per heavy atom. The SMILES string of the molecule is CCCN1C(=O)[C@H](CCCCNC(=O)OCc2ccccc2)NC(=O)C12CCN(CC(C)CCC=C(C)C)CC2. The monoisotopic (exact) mass is 554 g/mol. The van der Waals surface area contributed by atoms with Gasteiger partial charge >= 0.3 is 6.09 Å². The number of unbranched alkanes of at least 4 members (excludes halogenated alkanes) is 1. The molecule has 0 radical (unpaired) electrons. The first-order valence-electron chi connectivity index (χ1n) is 15.2. The summed E-state index contributed by atoms with van der Waals surface area (Å²) in [5.74, 6) is 0.646. The van der Waals surface area contributed by atoms with Gasteiger partial charge in [0.1, 0.15) is 18.2 Å². The van der Waals surface area contributed by atoms with Crippen LogP contribution in [-0.4, -0.2) is 72.0 Å². The van der Waals surface area contributed by atoms with E-state index in [4.69, 9.17) is 4.74 Å². The van der Waals surface area contributed by atoms with E-state index in [1.165, 1.54) is 12.0 Å². The molecule has 2 atom stereocenters. The second-order valence-electron chi connectivity index (χ2n) is 11.8. The van der Waals surface area contributed by atoms with Crippen molar-refractivity contribution in [3.8, 4) is 0 Å². The van der Waals surface area contributed by atoms with Crippen molar-refractivity contribution in [3.05, 3.63) is 47.5 Å². The zero-order valence-electron chi connectivity index (χ0n) is 25.0. The topological polar surface area (TPSA) is 91.0 Å². The van der Waals surface area contributed by atoms with Crippen LogP contribution in [-0.2, 0) is 20.9 Å². The Hall–Kier alpha value is -2.87. The number of likely N-dealkylation sites (tertiary alicyclic amines) is 1. The molecule has 222 valence electrons. The summed E-state index contributed by atoms with van der Waals surface area (Å²) in [6, 6.07) is 9.06. The number of benzene rings is 1. The van der Waals surface area contributed by atoms with Crippen LogP contribution in [0.1, 0.15) is 84.6 Å². The van der Waals surface area contributed by atoms with Crippen LogP contribution in [0.3, 0.4) is 0 Å². The standard InChI is InChI=1S/C32H50N4O4/c1-5-20-36-29(37)28(16-9-10-19-33-31(39)40-24-27-14-7-6-8-15-27)34-30(38)32(36)17-21-35(22-18-32)23-26(4)13-11-12-25(2)3/h6-8,12,14-15,26,28H,5,9-11,13,16-24H2,1-4H3,(H,33,39)(H,34,38)/t26?,28-/m0/s1. The molecule has 0 bridgehead atoms. The molecule has 8 nitrogen and oxygen atoms in total. The number of piperazine rings is 1. The van der Waals surface area contributed by atoms with Crippen LogP contribution in [0.25, 0.3) is 0 Å². The van der Waals surface area contributed by atoms with Crippen molar-refractivity contribution in [3.63, 3.8) is 0 Å². The molecule has 40 heavy (non-hydrogen) atoms. The van der Waals surface area contributed by atoms with Crippen molar-refractivity contribution in [1.82, 2.24) is 20.4 Å². The third-order valence-electron chi connectivity index (χ3n) is 8.12. The van der Waals surface area contributed by atoms with Crippen LogP contribution in [0.4, 0.5) is 4.79 Å².